The van der Waals surface area contributed by atoms with E-state index in [1.165, 1.54) is 17.4 Å². The van der Waals surface area contributed by atoms with Crippen LogP contribution >= 0.6 is 0 Å². The average Bonchev–Trinajstić information content (AvgIpc) is 3.03. The lowest BCUT2D eigenvalue weighted by Crippen LogP contribution is -2.37. The second-order valence-electron chi connectivity index (χ2n) is 6.67. The molecule has 0 saturated carbocycles. The number of nitrogens with zero attached hydrogens (tertiary/aromatic N) is 3. The van der Waals surface area contributed by atoms with Crippen LogP contribution in [-0.2, 0) is 11.8 Å². The van der Waals surface area contributed by atoms with E-state index in [0.29, 0.717) is 11.3 Å². The number of fused-ring (bicyclic) bond motifs is 2. The number of allylic oxidation sites excluding steroid dienone is 3. The predicted octanol–water partition coefficient (Wildman–Crippen LogP) is 2.08. The molecular weight excluding hydrogens is 332 g/mol. The molecule has 0 spiro atoms. The highest BCUT2D eigenvalue weighted by Gasteiger charge is 2.33. The number of aryl methyl sites for hydroxylation is 1. The summed E-state index contributed by atoms with van der Waals surface area (Å²) in [6.07, 6.45) is 11.2. The molecule has 26 heavy (non-hydrogen) atoms. The normalized spacial score (nSPS) is 23.3. The number of aliphatic imine (C=N–C) groups is 1. The first-order chi connectivity index (χ1) is 12.6. The number of amides is 2. The molecule has 4 rings (SSSR count). The third-order valence-corrected chi connectivity index (χ3v) is 4.97. The van der Waals surface area contributed by atoms with Crippen molar-refractivity contribution in [2.24, 2.45) is 18.0 Å². The second-order valence-corrected chi connectivity index (χ2v) is 6.67. The van der Waals surface area contributed by atoms with E-state index in [0.717, 1.165) is 37.0 Å². The van der Waals surface area contributed by atoms with Crippen molar-refractivity contribution in [1.82, 2.24) is 15.1 Å². The minimum absolute atomic E-state index is 0.0166. The summed E-state index contributed by atoms with van der Waals surface area (Å²) < 4.78 is 6.63. The number of carbonyl (C=O) groups is 2. The van der Waals surface area contributed by atoms with Gasteiger partial charge in [0.2, 0.25) is 5.88 Å². The van der Waals surface area contributed by atoms with Crippen molar-refractivity contribution < 1.29 is 14.3 Å². The Kier molecular flexibility index (Phi) is 4.06. The van der Waals surface area contributed by atoms with Crippen molar-refractivity contribution in [2.75, 3.05) is 7.11 Å². The standard InChI is InChI=1S/C19H20N4O3/c1-23-10-15(19(22-23)26-2)18(25)20-11-7-8-13-12-5-3-4-6-14(12)17(24)21-16(13)9-11/h7-10,13H,3-6H2,1-2H3,(H,21,24). The van der Waals surface area contributed by atoms with Crippen LogP contribution in [0, 0.1) is 5.92 Å². The fourth-order valence-electron chi connectivity index (χ4n) is 3.76. The number of ether oxygens (including phenoxy) is 1. The maximum atomic E-state index is 12.5. The zero-order chi connectivity index (χ0) is 18.3. The third-order valence-electron chi connectivity index (χ3n) is 4.97. The molecule has 0 bridgehead atoms. The Morgan fingerprint density at radius 1 is 1.38 bits per heavy atom. The average molecular weight is 352 g/mol. The van der Waals surface area contributed by atoms with Crippen LogP contribution in [0.1, 0.15) is 36.0 Å². The Bertz CT molecular complexity index is 917. The van der Waals surface area contributed by atoms with Gasteiger partial charge in [-0.15, -0.1) is 5.10 Å². The molecule has 0 aromatic carbocycles. The van der Waals surface area contributed by atoms with Crippen LogP contribution in [0.3, 0.4) is 0 Å². The van der Waals surface area contributed by atoms with Crippen LogP contribution < -0.4 is 10.1 Å². The molecule has 0 saturated heterocycles. The van der Waals surface area contributed by atoms with Gasteiger partial charge in [0.05, 0.1) is 12.8 Å². The molecule has 1 aromatic rings. The Balaban J connectivity index is 1.63. The van der Waals surface area contributed by atoms with E-state index in [9.17, 15) is 9.59 Å². The monoisotopic (exact) mass is 352 g/mol. The molecule has 0 fully saturated rings. The van der Waals surface area contributed by atoms with Gasteiger partial charge in [-0.1, -0.05) is 6.08 Å². The smallest absolute Gasteiger partial charge is 0.284 e. The number of rotatable bonds is 2. The molecule has 7 heteroatoms. The lowest BCUT2D eigenvalue weighted by atomic mass is 9.77. The van der Waals surface area contributed by atoms with Gasteiger partial charge in [-0.3, -0.25) is 14.3 Å². The van der Waals surface area contributed by atoms with Crippen molar-refractivity contribution in [3.05, 3.63) is 46.8 Å². The Morgan fingerprint density at radius 2 is 2.19 bits per heavy atom. The van der Waals surface area contributed by atoms with Crippen molar-refractivity contribution in [3.63, 3.8) is 0 Å². The van der Waals surface area contributed by atoms with Gasteiger partial charge in [0, 0.05) is 30.4 Å². The number of nitrogens with one attached hydrogen (secondary N) is 1. The summed E-state index contributed by atoms with van der Waals surface area (Å²) in [5.41, 5.74) is 3.75. The summed E-state index contributed by atoms with van der Waals surface area (Å²) >= 11 is 0. The summed E-state index contributed by atoms with van der Waals surface area (Å²) in [4.78, 5) is 29.0. The molecule has 0 radical (unpaired) electrons. The second kappa shape index (κ2) is 6.40. The van der Waals surface area contributed by atoms with Crippen molar-refractivity contribution >= 4 is 17.5 Å². The molecule has 134 valence electrons. The zero-order valence-electron chi connectivity index (χ0n) is 14.8. The molecule has 7 nitrogen and oxygen atoms in total. The topological polar surface area (TPSA) is 85.6 Å². The SMILES string of the molecule is COc1nn(C)cc1C(=O)N=C1C=CC2C(=C1)NC(=O)C1=C2CCCC1. The van der Waals surface area contributed by atoms with E-state index in [1.54, 1.807) is 19.3 Å². The number of hydrogen-bond donors (Lipinski definition) is 1. The lowest BCUT2D eigenvalue weighted by Gasteiger charge is -2.33. The highest BCUT2D eigenvalue weighted by molar-refractivity contribution is 6.14. The summed E-state index contributed by atoms with van der Waals surface area (Å²) in [5.74, 6) is -0.109. The van der Waals surface area contributed by atoms with Crippen LogP contribution in [0.25, 0.3) is 0 Å². The number of methoxy groups -OCH3 is 1. The third kappa shape index (κ3) is 2.79. The van der Waals surface area contributed by atoms with E-state index in [-0.39, 0.29) is 17.7 Å². The Hall–Kier alpha value is -2.96. The highest BCUT2D eigenvalue weighted by atomic mass is 16.5. The highest BCUT2D eigenvalue weighted by Crippen LogP contribution is 2.38. The van der Waals surface area contributed by atoms with Gasteiger partial charge in [0.15, 0.2) is 0 Å². The quantitative estimate of drug-likeness (QED) is 0.883. The molecule has 3 aliphatic rings. The van der Waals surface area contributed by atoms with E-state index in [4.69, 9.17) is 4.74 Å². The molecule has 1 unspecified atom stereocenters. The fraction of sp³-hybridized carbons (Fsp3) is 0.368. The summed E-state index contributed by atoms with van der Waals surface area (Å²) in [7, 11) is 3.18. The number of hydrogen-bond acceptors (Lipinski definition) is 4. The Morgan fingerprint density at radius 3 is 3.00 bits per heavy atom. The maximum Gasteiger partial charge on any atom is 0.284 e. The summed E-state index contributed by atoms with van der Waals surface area (Å²) in [5, 5.41) is 7.04. The van der Waals surface area contributed by atoms with E-state index >= 15 is 0 Å². The molecule has 1 N–H and O–H groups in total. The maximum absolute atomic E-state index is 12.5. The van der Waals surface area contributed by atoms with E-state index in [1.807, 2.05) is 12.2 Å². The van der Waals surface area contributed by atoms with Gasteiger partial charge in [0.1, 0.15) is 5.56 Å². The van der Waals surface area contributed by atoms with Crippen LogP contribution in [-0.4, -0.2) is 34.4 Å². The minimum atomic E-state index is -0.426. The molecule has 2 heterocycles. The lowest BCUT2D eigenvalue weighted by molar-refractivity contribution is -0.117. The van der Waals surface area contributed by atoms with Gasteiger partial charge in [-0.05, 0) is 43.4 Å². The van der Waals surface area contributed by atoms with E-state index in [2.05, 4.69) is 15.4 Å². The largest absolute Gasteiger partial charge is 0.479 e. The molecule has 2 amide bonds. The zero-order valence-corrected chi connectivity index (χ0v) is 14.8. The summed E-state index contributed by atoms with van der Waals surface area (Å²) in [6, 6.07) is 0. The molecule has 2 aliphatic carbocycles. The van der Waals surface area contributed by atoms with Crippen LogP contribution in [0.4, 0.5) is 0 Å². The first-order valence-corrected chi connectivity index (χ1v) is 8.70. The van der Waals surface area contributed by atoms with Crippen molar-refractivity contribution in [3.8, 4) is 5.88 Å². The van der Waals surface area contributed by atoms with Crippen LogP contribution in [0.15, 0.2) is 46.3 Å². The van der Waals surface area contributed by atoms with E-state index < -0.39 is 5.91 Å². The van der Waals surface area contributed by atoms with Gasteiger partial charge in [-0.25, -0.2) is 4.99 Å². The first-order valence-electron chi connectivity index (χ1n) is 8.70. The fourth-order valence-corrected chi connectivity index (χ4v) is 3.76. The van der Waals surface area contributed by atoms with Gasteiger partial charge < -0.3 is 10.1 Å². The molecule has 1 aliphatic heterocycles. The van der Waals surface area contributed by atoms with Gasteiger partial charge >= 0.3 is 0 Å². The predicted molar refractivity (Wildman–Crippen MR) is 95.9 cm³/mol. The first kappa shape index (κ1) is 16.5. The molecule has 1 aromatic heterocycles. The Labute approximate surface area is 151 Å². The number of aromatic nitrogens is 2. The minimum Gasteiger partial charge on any atom is -0.479 e. The van der Waals surface area contributed by atoms with Gasteiger partial charge in [-0.2, -0.15) is 0 Å². The van der Waals surface area contributed by atoms with Gasteiger partial charge in [0.25, 0.3) is 11.8 Å². The molecular formula is C19H20N4O3. The number of carbonyl (C=O) groups excluding carboxylic acids is 2. The van der Waals surface area contributed by atoms with Crippen molar-refractivity contribution in [2.45, 2.75) is 25.7 Å². The van der Waals surface area contributed by atoms with Crippen LogP contribution in [0.5, 0.6) is 5.88 Å². The van der Waals surface area contributed by atoms with Crippen molar-refractivity contribution in [1.29, 1.82) is 0 Å². The van der Waals surface area contributed by atoms with Crippen LogP contribution in [0.2, 0.25) is 0 Å². The summed E-state index contributed by atoms with van der Waals surface area (Å²) in [6.45, 7) is 0. The molecule has 1 atom stereocenters.